The third kappa shape index (κ3) is 3.30. The number of carbonyl (C=O) groups is 2. The molecule has 1 aliphatic heterocycles. The highest BCUT2D eigenvalue weighted by molar-refractivity contribution is 6.03. The Hall–Kier alpha value is -0.900. The Kier molecular flexibility index (Phi) is 3.50. The molecular weight excluding hydrogens is 194 g/mol. The van der Waals surface area contributed by atoms with Gasteiger partial charge in [0.05, 0.1) is 18.8 Å². The van der Waals surface area contributed by atoms with E-state index < -0.39 is 0 Å². The Labute approximate surface area is 90.6 Å². The molecule has 0 aliphatic carbocycles. The maximum Gasteiger partial charge on any atom is 0.232 e. The van der Waals surface area contributed by atoms with E-state index in [9.17, 15) is 9.59 Å². The molecule has 1 fully saturated rings. The average Bonchev–Trinajstić information content (AvgIpc) is 2.29. The van der Waals surface area contributed by atoms with E-state index in [0.717, 1.165) is 0 Å². The lowest BCUT2D eigenvalue weighted by Crippen LogP contribution is -2.35. The maximum atomic E-state index is 11.5. The van der Waals surface area contributed by atoms with Gasteiger partial charge in [0, 0.05) is 12.3 Å². The van der Waals surface area contributed by atoms with Crippen LogP contribution in [-0.2, 0) is 14.3 Å². The predicted octanol–water partition coefficient (Wildman–Crippen LogP) is 1.20. The third-order valence-electron chi connectivity index (χ3n) is 2.32. The first kappa shape index (κ1) is 12.2. The second-order valence-corrected chi connectivity index (χ2v) is 4.95. The van der Waals surface area contributed by atoms with Crippen LogP contribution < -0.4 is 0 Å². The summed E-state index contributed by atoms with van der Waals surface area (Å²) in [4.78, 5) is 24.2. The van der Waals surface area contributed by atoms with Crippen molar-refractivity contribution in [1.82, 2.24) is 4.90 Å². The molecule has 4 heteroatoms. The molecule has 4 nitrogen and oxygen atoms in total. The van der Waals surface area contributed by atoms with Gasteiger partial charge in [-0.15, -0.1) is 0 Å². The van der Waals surface area contributed by atoms with E-state index in [-0.39, 0.29) is 23.3 Å². The summed E-state index contributed by atoms with van der Waals surface area (Å²) < 4.78 is 5.48. The summed E-state index contributed by atoms with van der Waals surface area (Å²) >= 11 is 0. The van der Waals surface area contributed by atoms with Gasteiger partial charge in [0.1, 0.15) is 0 Å². The molecule has 0 bridgehead atoms. The van der Waals surface area contributed by atoms with Crippen molar-refractivity contribution < 1.29 is 14.3 Å². The van der Waals surface area contributed by atoms with Crippen LogP contribution >= 0.6 is 0 Å². The van der Waals surface area contributed by atoms with Crippen molar-refractivity contribution in [3.63, 3.8) is 0 Å². The number of nitrogens with zero attached hydrogens (tertiary/aromatic N) is 1. The predicted molar refractivity (Wildman–Crippen MR) is 56.2 cm³/mol. The van der Waals surface area contributed by atoms with Crippen LogP contribution in [0.1, 0.15) is 34.1 Å². The van der Waals surface area contributed by atoms with Gasteiger partial charge in [0.2, 0.25) is 11.8 Å². The molecule has 1 saturated heterocycles. The minimum absolute atomic E-state index is 0.0718. The van der Waals surface area contributed by atoms with Gasteiger partial charge < -0.3 is 4.74 Å². The molecule has 0 aromatic rings. The summed E-state index contributed by atoms with van der Waals surface area (Å²) in [6, 6.07) is 0. The fourth-order valence-corrected chi connectivity index (χ4v) is 1.53. The quantitative estimate of drug-likeness (QED) is 0.662. The van der Waals surface area contributed by atoms with E-state index in [1.165, 1.54) is 4.90 Å². The van der Waals surface area contributed by atoms with Gasteiger partial charge in [-0.3, -0.25) is 14.5 Å². The van der Waals surface area contributed by atoms with E-state index >= 15 is 0 Å². The summed E-state index contributed by atoms with van der Waals surface area (Å²) in [5, 5.41) is 0. The molecule has 0 saturated carbocycles. The highest BCUT2D eigenvalue weighted by atomic mass is 16.5. The van der Waals surface area contributed by atoms with E-state index in [1.54, 1.807) is 6.92 Å². The van der Waals surface area contributed by atoms with Crippen molar-refractivity contribution >= 4 is 11.8 Å². The van der Waals surface area contributed by atoms with Crippen LogP contribution in [0.15, 0.2) is 0 Å². The van der Waals surface area contributed by atoms with Crippen molar-refractivity contribution in [1.29, 1.82) is 0 Å². The van der Waals surface area contributed by atoms with Crippen LogP contribution in [0, 0.1) is 5.92 Å². The van der Waals surface area contributed by atoms with Crippen LogP contribution in [0.3, 0.4) is 0 Å². The van der Waals surface area contributed by atoms with Gasteiger partial charge in [-0.2, -0.15) is 0 Å². The van der Waals surface area contributed by atoms with Crippen molar-refractivity contribution in [2.75, 3.05) is 13.2 Å². The van der Waals surface area contributed by atoms with Crippen LogP contribution in [0.25, 0.3) is 0 Å². The first-order valence-electron chi connectivity index (χ1n) is 5.29. The number of ether oxygens (including phenoxy) is 1. The highest BCUT2D eigenvalue weighted by Gasteiger charge is 2.35. The fourth-order valence-electron chi connectivity index (χ4n) is 1.53. The van der Waals surface area contributed by atoms with Crippen molar-refractivity contribution in [3.8, 4) is 0 Å². The molecule has 1 heterocycles. The van der Waals surface area contributed by atoms with Crippen LogP contribution in [-0.4, -0.2) is 35.5 Å². The first-order valence-corrected chi connectivity index (χ1v) is 5.29. The zero-order chi connectivity index (χ0) is 11.6. The molecule has 1 aliphatic rings. The van der Waals surface area contributed by atoms with Gasteiger partial charge in [-0.1, -0.05) is 6.92 Å². The Balaban J connectivity index is 2.39. The summed E-state index contributed by atoms with van der Waals surface area (Å²) in [5.41, 5.74) is -0.225. The first-order chi connectivity index (χ1) is 6.81. The van der Waals surface area contributed by atoms with E-state index in [1.807, 2.05) is 20.8 Å². The Morgan fingerprint density at radius 3 is 2.40 bits per heavy atom. The fraction of sp³-hybridized carbons (Fsp3) is 0.818. The minimum Gasteiger partial charge on any atom is -0.374 e. The third-order valence-corrected chi connectivity index (χ3v) is 2.32. The van der Waals surface area contributed by atoms with E-state index in [2.05, 4.69) is 0 Å². The second kappa shape index (κ2) is 4.31. The molecule has 0 aromatic heterocycles. The van der Waals surface area contributed by atoms with Gasteiger partial charge in [-0.05, 0) is 20.8 Å². The summed E-state index contributed by atoms with van der Waals surface area (Å²) in [7, 11) is 0. The molecule has 0 aromatic carbocycles. The van der Waals surface area contributed by atoms with Crippen LogP contribution in [0.5, 0.6) is 0 Å². The van der Waals surface area contributed by atoms with Crippen LogP contribution in [0.2, 0.25) is 0 Å². The van der Waals surface area contributed by atoms with E-state index in [0.29, 0.717) is 19.6 Å². The molecule has 1 atom stereocenters. The minimum atomic E-state index is -0.225. The molecule has 0 radical (unpaired) electrons. The molecule has 2 amide bonds. The second-order valence-electron chi connectivity index (χ2n) is 4.95. The Morgan fingerprint density at radius 1 is 1.40 bits per heavy atom. The summed E-state index contributed by atoms with van der Waals surface area (Å²) in [6.07, 6.45) is 0.342. The van der Waals surface area contributed by atoms with Crippen LogP contribution in [0.4, 0.5) is 0 Å². The van der Waals surface area contributed by atoms with Crippen molar-refractivity contribution in [2.24, 2.45) is 5.92 Å². The van der Waals surface area contributed by atoms with Crippen molar-refractivity contribution in [3.05, 3.63) is 0 Å². The number of imide groups is 1. The maximum absolute atomic E-state index is 11.5. The molecule has 1 unspecified atom stereocenters. The number of hydrogen-bond acceptors (Lipinski definition) is 3. The van der Waals surface area contributed by atoms with Gasteiger partial charge >= 0.3 is 0 Å². The van der Waals surface area contributed by atoms with Crippen molar-refractivity contribution in [2.45, 2.75) is 39.7 Å². The molecule has 0 spiro atoms. The number of carbonyl (C=O) groups excluding carboxylic acids is 2. The molecule has 1 rings (SSSR count). The normalized spacial score (nSPS) is 22.7. The largest absolute Gasteiger partial charge is 0.374 e. The molecular formula is C11H19NO3. The zero-order valence-electron chi connectivity index (χ0n) is 9.87. The zero-order valence-corrected chi connectivity index (χ0v) is 9.87. The number of rotatable bonds is 3. The average molecular weight is 213 g/mol. The number of hydrogen-bond donors (Lipinski definition) is 0. The highest BCUT2D eigenvalue weighted by Crippen LogP contribution is 2.18. The summed E-state index contributed by atoms with van der Waals surface area (Å²) in [5.74, 6) is -0.311. The smallest absolute Gasteiger partial charge is 0.232 e. The number of likely N-dealkylation sites (tertiary alicyclic amines) is 1. The molecule has 15 heavy (non-hydrogen) atoms. The Bertz CT molecular complexity index is 267. The monoisotopic (exact) mass is 213 g/mol. The van der Waals surface area contributed by atoms with Gasteiger partial charge in [-0.25, -0.2) is 0 Å². The number of amides is 2. The molecule has 86 valence electrons. The summed E-state index contributed by atoms with van der Waals surface area (Å²) in [6.45, 7) is 8.41. The lowest BCUT2D eigenvalue weighted by Gasteiger charge is -2.21. The van der Waals surface area contributed by atoms with E-state index in [4.69, 9.17) is 4.74 Å². The lowest BCUT2D eigenvalue weighted by atomic mass is 10.1. The van der Waals surface area contributed by atoms with Gasteiger partial charge in [0.25, 0.3) is 0 Å². The van der Waals surface area contributed by atoms with Gasteiger partial charge in [0.15, 0.2) is 0 Å². The standard InChI is InChI=1S/C11H19NO3/c1-8-7-9(13)12(10(8)14)5-6-15-11(2,3)4/h8H,5-7H2,1-4H3. The topological polar surface area (TPSA) is 46.6 Å². The SMILES string of the molecule is CC1CC(=O)N(CCOC(C)(C)C)C1=O. The Morgan fingerprint density at radius 2 is 2.00 bits per heavy atom. The lowest BCUT2D eigenvalue weighted by molar-refractivity contribution is -0.141. The molecule has 0 N–H and O–H groups in total.